The molecule has 190 valence electrons. The Balaban J connectivity index is 1.24. The molecule has 2 aromatic rings. The Hall–Kier alpha value is -1.56. The van der Waals surface area contributed by atoms with Crippen LogP contribution in [0.4, 0.5) is 0 Å². The van der Waals surface area contributed by atoms with Gasteiger partial charge in [0.1, 0.15) is 0 Å². The van der Waals surface area contributed by atoms with E-state index >= 15 is 0 Å². The average molecular weight is 463 g/mol. The molecule has 0 spiro atoms. The predicted molar refractivity (Wildman–Crippen MR) is 153 cm³/mol. The molecule has 2 aromatic carbocycles. The lowest BCUT2D eigenvalue weighted by atomic mass is 10.0. The number of rotatable bonds is 21. The summed E-state index contributed by atoms with van der Waals surface area (Å²) in [5, 5.41) is 0. The summed E-state index contributed by atoms with van der Waals surface area (Å²) in [4.78, 5) is 0. The van der Waals surface area contributed by atoms with Gasteiger partial charge in [-0.3, -0.25) is 0 Å². The van der Waals surface area contributed by atoms with Gasteiger partial charge in [-0.2, -0.15) is 0 Å². The largest absolute Gasteiger partial charge is 0.0620 e. The maximum atomic E-state index is 2.30. The van der Waals surface area contributed by atoms with Gasteiger partial charge in [0.05, 0.1) is 0 Å². The van der Waals surface area contributed by atoms with Crippen molar-refractivity contribution in [3.8, 4) is 0 Å². The predicted octanol–water partition coefficient (Wildman–Crippen LogP) is 11.1. The lowest BCUT2D eigenvalue weighted by Crippen LogP contribution is -1.90. The van der Waals surface area contributed by atoms with Gasteiger partial charge in [-0.15, -0.1) is 0 Å². The monoisotopic (exact) mass is 462 g/mol. The second kappa shape index (κ2) is 19.7. The number of benzene rings is 2. The summed E-state index contributed by atoms with van der Waals surface area (Å²) in [5.41, 5.74) is 6.02. The normalized spacial score (nSPS) is 11.2. The maximum Gasteiger partial charge on any atom is -0.0276 e. The van der Waals surface area contributed by atoms with E-state index in [1.807, 2.05) is 0 Å². The second-order valence-corrected chi connectivity index (χ2v) is 10.7. The fourth-order valence-electron chi connectivity index (χ4n) is 5.24. The van der Waals surface area contributed by atoms with Gasteiger partial charge in [-0.1, -0.05) is 151 Å². The van der Waals surface area contributed by atoms with Crippen molar-refractivity contribution in [1.29, 1.82) is 0 Å². The van der Waals surface area contributed by atoms with Gasteiger partial charge < -0.3 is 0 Å². The van der Waals surface area contributed by atoms with Crippen LogP contribution in [0.2, 0.25) is 0 Å². The summed E-state index contributed by atoms with van der Waals surface area (Å²) in [6.45, 7) is 4.48. The minimum absolute atomic E-state index is 1.27. The molecule has 0 aliphatic heterocycles. The minimum Gasteiger partial charge on any atom is -0.0620 e. The van der Waals surface area contributed by atoms with Crippen LogP contribution in [0.1, 0.15) is 138 Å². The SMILES string of the molecule is Cc1ccccc1CCCCCCCCCCCCCCCCCCCCc1ccccc1C. The van der Waals surface area contributed by atoms with Gasteiger partial charge in [-0.05, 0) is 61.8 Å². The fourth-order valence-corrected chi connectivity index (χ4v) is 5.24. The van der Waals surface area contributed by atoms with Crippen LogP contribution in [0.3, 0.4) is 0 Å². The fraction of sp³-hybridized carbons (Fsp3) is 0.647. The van der Waals surface area contributed by atoms with E-state index in [0.717, 1.165) is 0 Å². The molecule has 2 rings (SSSR count). The van der Waals surface area contributed by atoms with E-state index in [2.05, 4.69) is 62.4 Å². The summed E-state index contributed by atoms with van der Waals surface area (Å²) in [6, 6.07) is 17.7. The summed E-state index contributed by atoms with van der Waals surface area (Å²) in [7, 11) is 0. The zero-order chi connectivity index (χ0) is 24.1. The molecule has 34 heavy (non-hydrogen) atoms. The third-order valence-corrected chi connectivity index (χ3v) is 7.66. The molecule has 0 N–H and O–H groups in total. The molecular weight excluding hydrogens is 408 g/mol. The molecule has 0 heteroatoms. The Morgan fingerprint density at radius 2 is 0.559 bits per heavy atom. The van der Waals surface area contributed by atoms with Crippen molar-refractivity contribution in [2.45, 2.75) is 142 Å². The average Bonchev–Trinajstić information content (AvgIpc) is 2.85. The third-order valence-electron chi connectivity index (χ3n) is 7.66. The Labute approximate surface area is 213 Å². The van der Waals surface area contributed by atoms with E-state index in [1.165, 1.54) is 140 Å². The summed E-state index contributed by atoms with van der Waals surface area (Å²) < 4.78 is 0. The van der Waals surface area contributed by atoms with Gasteiger partial charge in [0.25, 0.3) is 0 Å². The lowest BCUT2D eigenvalue weighted by Gasteiger charge is -2.06. The Morgan fingerprint density at radius 3 is 0.824 bits per heavy atom. The van der Waals surface area contributed by atoms with E-state index in [-0.39, 0.29) is 0 Å². The van der Waals surface area contributed by atoms with Gasteiger partial charge in [0.15, 0.2) is 0 Å². The highest BCUT2D eigenvalue weighted by Gasteiger charge is 1.99. The van der Waals surface area contributed by atoms with E-state index in [1.54, 1.807) is 11.1 Å². The molecule has 0 radical (unpaired) electrons. The summed E-state index contributed by atoms with van der Waals surface area (Å²) in [6.07, 6.45) is 28.4. The molecule has 0 bridgehead atoms. The highest BCUT2D eigenvalue weighted by molar-refractivity contribution is 5.26. The molecule has 0 aromatic heterocycles. The van der Waals surface area contributed by atoms with E-state index < -0.39 is 0 Å². The van der Waals surface area contributed by atoms with Crippen molar-refractivity contribution in [2.24, 2.45) is 0 Å². The Bertz CT molecular complexity index is 665. The number of hydrogen-bond acceptors (Lipinski definition) is 0. The standard InChI is InChI=1S/C34H54/c1-31-25-21-23-29-33(31)27-19-17-15-13-11-9-7-5-3-4-6-8-10-12-14-16-18-20-28-34-30-24-22-26-32(34)2/h21-26,29-30H,3-20,27-28H2,1-2H3. The van der Waals surface area contributed by atoms with Crippen molar-refractivity contribution >= 4 is 0 Å². The van der Waals surface area contributed by atoms with Crippen LogP contribution < -0.4 is 0 Å². The van der Waals surface area contributed by atoms with Crippen molar-refractivity contribution in [3.63, 3.8) is 0 Å². The second-order valence-electron chi connectivity index (χ2n) is 10.7. The smallest absolute Gasteiger partial charge is 0.0276 e. The Morgan fingerprint density at radius 1 is 0.324 bits per heavy atom. The van der Waals surface area contributed by atoms with E-state index in [0.29, 0.717) is 0 Å². The first-order chi connectivity index (χ1) is 16.8. The first-order valence-corrected chi connectivity index (χ1v) is 14.9. The molecule has 0 saturated carbocycles. The molecule has 0 atom stereocenters. The van der Waals surface area contributed by atoms with Crippen LogP contribution in [-0.4, -0.2) is 0 Å². The van der Waals surface area contributed by atoms with Crippen molar-refractivity contribution in [2.75, 3.05) is 0 Å². The number of hydrogen-bond donors (Lipinski definition) is 0. The molecule has 0 unspecified atom stereocenters. The molecule has 0 aliphatic carbocycles. The van der Waals surface area contributed by atoms with Crippen molar-refractivity contribution < 1.29 is 0 Å². The van der Waals surface area contributed by atoms with Gasteiger partial charge >= 0.3 is 0 Å². The van der Waals surface area contributed by atoms with Crippen LogP contribution in [0.15, 0.2) is 48.5 Å². The van der Waals surface area contributed by atoms with E-state index in [4.69, 9.17) is 0 Å². The highest BCUT2D eigenvalue weighted by atomic mass is 14.1. The van der Waals surface area contributed by atoms with Crippen LogP contribution in [0.5, 0.6) is 0 Å². The Kier molecular flexibility index (Phi) is 16.6. The lowest BCUT2D eigenvalue weighted by molar-refractivity contribution is 0.523. The third kappa shape index (κ3) is 14.0. The van der Waals surface area contributed by atoms with Crippen LogP contribution in [-0.2, 0) is 12.8 Å². The van der Waals surface area contributed by atoms with E-state index in [9.17, 15) is 0 Å². The zero-order valence-corrected chi connectivity index (χ0v) is 22.8. The molecule has 0 heterocycles. The highest BCUT2D eigenvalue weighted by Crippen LogP contribution is 2.17. The first kappa shape index (κ1) is 28.7. The molecule has 0 nitrogen and oxygen atoms in total. The topological polar surface area (TPSA) is 0 Å². The molecule has 0 fully saturated rings. The zero-order valence-electron chi connectivity index (χ0n) is 22.8. The first-order valence-electron chi connectivity index (χ1n) is 14.9. The molecule has 0 amide bonds. The van der Waals surface area contributed by atoms with Crippen LogP contribution >= 0.6 is 0 Å². The van der Waals surface area contributed by atoms with Crippen LogP contribution in [0.25, 0.3) is 0 Å². The quantitative estimate of drug-likeness (QED) is 0.162. The molecule has 0 aliphatic rings. The number of unbranched alkanes of at least 4 members (excludes halogenated alkanes) is 17. The maximum absolute atomic E-state index is 2.30. The van der Waals surface area contributed by atoms with Gasteiger partial charge in [0, 0.05) is 0 Å². The van der Waals surface area contributed by atoms with Crippen molar-refractivity contribution in [3.05, 3.63) is 70.8 Å². The molecular formula is C34H54. The van der Waals surface area contributed by atoms with Crippen molar-refractivity contribution in [1.82, 2.24) is 0 Å². The summed E-state index contributed by atoms with van der Waals surface area (Å²) in [5.74, 6) is 0. The number of aryl methyl sites for hydroxylation is 4. The minimum atomic E-state index is 1.27. The summed E-state index contributed by atoms with van der Waals surface area (Å²) >= 11 is 0. The molecule has 0 saturated heterocycles. The van der Waals surface area contributed by atoms with Gasteiger partial charge in [0.2, 0.25) is 0 Å². The van der Waals surface area contributed by atoms with Crippen LogP contribution in [0, 0.1) is 13.8 Å². The van der Waals surface area contributed by atoms with Gasteiger partial charge in [-0.25, -0.2) is 0 Å².